The smallest absolute Gasteiger partial charge is 0.374 e. The average Bonchev–Trinajstić information content (AvgIpc) is 3.59. The molecule has 2 N–H and O–H groups in total. The number of carbonyl (C=O) groups excluding carboxylic acids is 2. The summed E-state index contributed by atoms with van der Waals surface area (Å²) in [5.41, 5.74) is -5.11. The SMILES string of the molecule is CC1CC1.CNC(COCc1cc(C(F)(F)F)cc(C(F)(F)F)c1)(C(=O)NC=O)c1ccc(F)cc1. The topological polar surface area (TPSA) is 67.4 Å². The largest absolute Gasteiger partial charge is 0.416 e. The Morgan fingerprint density at radius 2 is 1.47 bits per heavy atom. The Kier molecular flexibility index (Phi) is 9.61. The van der Waals surface area contributed by atoms with Gasteiger partial charge in [-0.15, -0.1) is 0 Å². The van der Waals surface area contributed by atoms with Crippen LogP contribution in [0, 0.1) is 11.7 Å². The fraction of sp³-hybridized carbons (Fsp3) is 0.417. The van der Waals surface area contributed by atoms with Gasteiger partial charge < -0.3 is 10.1 Å². The highest BCUT2D eigenvalue weighted by Gasteiger charge is 2.40. The third-order valence-corrected chi connectivity index (χ3v) is 5.44. The van der Waals surface area contributed by atoms with E-state index >= 15 is 0 Å². The molecule has 2 aromatic rings. The van der Waals surface area contributed by atoms with Gasteiger partial charge in [0.25, 0.3) is 5.91 Å². The molecule has 0 heterocycles. The van der Waals surface area contributed by atoms with E-state index in [9.17, 15) is 40.3 Å². The second-order valence-corrected chi connectivity index (χ2v) is 8.34. The van der Waals surface area contributed by atoms with Gasteiger partial charge in [0.1, 0.15) is 11.4 Å². The maximum absolute atomic E-state index is 13.3. The van der Waals surface area contributed by atoms with Gasteiger partial charge in [-0.05, 0) is 54.4 Å². The van der Waals surface area contributed by atoms with E-state index in [2.05, 4.69) is 12.2 Å². The summed E-state index contributed by atoms with van der Waals surface area (Å²) in [6.07, 6.45) is -6.99. The minimum Gasteiger partial charge on any atom is -0.374 e. The standard InChI is InChI=1S/C20H17F7N2O3.C4H8/c1-28-18(17(31)29-11-30,13-2-4-16(21)5-3-13)10-32-9-12-6-14(19(22,23)24)8-15(7-12)20(25,26)27;1-4-2-3-4/h2-8,11,28H,9-10H2,1H3,(H,29,30,31);4H,2-3H2,1H3. The predicted octanol–water partition coefficient (Wildman–Crippen LogP) is 5.18. The number of imide groups is 1. The van der Waals surface area contributed by atoms with Crippen LogP contribution in [0.2, 0.25) is 0 Å². The first-order valence-corrected chi connectivity index (χ1v) is 10.8. The molecule has 1 fully saturated rings. The molecular weight excluding hydrogens is 497 g/mol. The van der Waals surface area contributed by atoms with Gasteiger partial charge in [-0.25, -0.2) is 4.39 Å². The highest BCUT2D eigenvalue weighted by Crippen LogP contribution is 2.36. The average molecular weight is 522 g/mol. The van der Waals surface area contributed by atoms with Crippen LogP contribution in [0.4, 0.5) is 30.7 Å². The van der Waals surface area contributed by atoms with Crippen LogP contribution in [-0.4, -0.2) is 26.0 Å². The van der Waals surface area contributed by atoms with E-state index in [0.29, 0.717) is 12.1 Å². The van der Waals surface area contributed by atoms with E-state index in [4.69, 9.17) is 4.74 Å². The maximum Gasteiger partial charge on any atom is 0.416 e. The molecule has 1 aliphatic carbocycles. The molecule has 1 unspecified atom stereocenters. The number of likely N-dealkylation sites (N-methyl/N-ethyl adjacent to an activating group) is 1. The van der Waals surface area contributed by atoms with Crippen molar-refractivity contribution >= 4 is 12.3 Å². The summed E-state index contributed by atoms with van der Waals surface area (Å²) in [4.78, 5) is 23.3. The highest BCUT2D eigenvalue weighted by molar-refractivity contribution is 5.94. The van der Waals surface area contributed by atoms with Crippen LogP contribution in [0.3, 0.4) is 0 Å². The Bertz CT molecular complexity index is 1000. The fourth-order valence-electron chi connectivity index (χ4n) is 3.11. The molecule has 0 bridgehead atoms. The summed E-state index contributed by atoms with van der Waals surface area (Å²) in [5, 5.41) is 4.52. The maximum atomic E-state index is 13.3. The zero-order valence-corrected chi connectivity index (χ0v) is 19.4. The van der Waals surface area contributed by atoms with Crippen LogP contribution in [0.5, 0.6) is 0 Å². The molecule has 2 amide bonds. The number of amides is 2. The van der Waals surface area contributed by atoms with Crippen LogP contribution in [-0.2, 0) is 38.8 Å². The first-order valence-electron chi connectivity index (χ1n) is 10.8. The number of hydrogen-bond donors (Lipinski definition) is 2. The van der Waals surface area contributed by atoms with Crippen LogP contribution in [0.15, 0.2) is 42.5 Å². The fourth-order valence-corrected chi connectivity index (χ4v) is 3.11. The number of carbonyl (C=O) groups is 2. The van der Waals surface area contributed by atoms with Gasteiger partial charge in [0.05, 0.1) is 24.3 Å². The number of hydrogen-bond acceptors (Lipinski definition) is 4. The van der Waals surface area contributed by atoms with Gasteiger partial charge in [0.15, 0.2) is 0 Å². The van der Waals surface area contributed by atoms with E-state index in [1.54, 1.807) is 0 Å². The number of nitrogens with one attached hydrogen (secondary N) is 2. The minimum atomic E-state index is -5.03. The summed E-state index contributed by atoms with van der Waals surface area (Å²) in [7, 11) is 1.31. The molecule has 0 saturated heterocycles. The van der Waals surface area contributed by atoms with Crippen molar-refractivity contribution in [2.24, 2.45) is 5.92 Å². The zero-order valence-electron chi connectivity index (χ0n) is 19.4. The van der Waals surface area contributed by atoms with Gasteiger partial charge in [0, 0.05) is 0 Å². The van der Waals surface area contributed by atoms with E-state index < -0.39 is 59.5 Å². The summed E-state index contributed by atoms with van der Waals surface area (Å²) < 4.78 is 96.6. The highest BCUT2D eigenvalue weighted by atomic mass is 19.4. The molecule has 1 saturated carbocycles. The Labute approximate surface area is 203 Å². The van der Waals surface area contributed by atoms with Gasteiger partial charge in [0.2, 0.25) is 6.41 Å². The monoisotopic (exact) mass is 522 g/mol. The molecule has 2 aromatic carbocycles. The molecule has 1 aliphatic rings. The van der Waals surface area contributed by atoms with Crippen molar-refractivity contribution in [3.8, 4) is 0 Å². The Hall–Kier alpha value is -2.99. The van der Waals surface area contributed by atoms with Gasteiger partial charge in [-0.3, -0.25) is 14.9 Å². The van der Waals surface area contributed by atoms with Crippen molar-refractivity contribution in [1.29, 1.82) is 0 Å². The summed E-state index contributed by atoms with van der Waals surface area (Å²) >= 11 is 0. The number of benzene rings is 2. The minimum absolute atomic E-state index is 0.0164. The first kappa shape index (κ1) is 29.2. The zero-order chi connectivity index (χ0) is 27.1. The summed E-state index contributed by atoms with van der Waals surface area (Å²) in [5.74, 6) is -0.472. The Morgan fingerprint density at radius 1 is 0.972 bits per heavy atom. The van der Waals surface area contributed by atoms with Crippen molar-refractivity contribution in [1.82, 2.24) is 10.6 Å². The third-order valence-electron chi connectivity index (χ3n) is 5.44. The molecule has 198 valence electrons. The molecule has 5 nitrogen and oxygen atoms in total. The molecule has 36 heavy (non-hydrogen) atoms. The van der Waals surface area contributed by atoms with Gasteiger partial charge in [-0.2, -0.15) is 26.3 Å². The normalized spacial score (nSPS) is 15.4. The van der Waals surface area contributed by atoms with Crippen LogP contribution in [0.25, 0.3) is 0 Å². The predicted molar refractivity (Wildman–Crippen MR) is 116 cm³/mol. The van der Waals surface area contributed by atoms with Crippen LogP contribution in [0.1, 0.15) is 42.0 Å². The van der Waals surface area contributed by atoms with E-state index in [1.165, 1.54) is 32.0 Å². The number of alkyl halides is 6. The molecular formula is C24H25F7N2O3. The second-order valence-electron chi connectivity index (χ2n) is 8.34. The Morgan fingerprint density at radius 3 is 1.86 bits per heavy atom. The van der Waals surface area contributed by atoms with E-state index in [1.807, 2.05) is 5.32 Å². The third kappa shape index (κ3) is 8.02. The number of ether oxygens (including phenoxy) is 1. The summed E-state index contributed by atoms with van der Waals surface area (Å²) in [6.45, 7) is 0.957. The lowest BCUT2D eigenvalue weighted by molar-refractivity contribution is -0.143. The van der Waals surface area contributed by atoms with E-state index in [-0.39, 0.29) is 18.0 Å². The molecule has 0 radical (unpaired) electrons. The first-order chi connectivity index (χ1) is 16.7. The van der Waals surface area contributed by atoms with Crippen molar-refractivity contribution < 1.29 is 45.1 Å². The number of rotatable bonds is 8. The van der Waals surface area contributed by atoms with Crippen molar-refractivity contribution in [3.05, 3.63) is 70.5 Å². The number of halogens is 7. The molecule has 3 rings (SSSR count). The molecule has 12 heteroatoms. The molecule has 0 aliphatic heterocycles. The van der Waals surface area contributed by atoms with Gasteiger partial charge >= 0.3 is 12.4 Å². The Balaban J connectivity index is 0.00000103. The summed E-state index contributed by atoms with van der Waals surface area (Å²) in [6, 6.07) is 5.46. The molecule has 0 aromatic heterocycles. The quantitative estimate of drug-likeness (QED) is 0.370. The second kappa shape index (κ2) is 11.8. The van der Waals surface area contributed by atoms with Crippen molar-refractivity contribution in [2.75, 3.05) is 13.7 Å². The van der Waals surface area contributed by atoms with Crippen LogP contribution < -0.4 is 10.6 Å². The van der Waals surface area contributed by atoms with Crippen molar-refractivity contribution in [2.45, 2.75) is 44.3 Å². The van der Waals surface area contributed by atoms with E-state index in [0.717, 1.165) is 18.1 Å². The van der Waals surface area contributed by atoms with Crippen LogP contribution >= 0.6 is 0 Å². The van der Waals surface area contributed by atoms with Gasteiger partial charge in [-0.1, -0.05) is 31.9 Å². The lowest BCUT2D eigenvalue weighted by Crippen LogP contribution is -2.55. The lowest BCUT2D eigenvalue weighted by atomic mass is 9.89. The van der Waals surface area contributed by atoms with Crippen molar-refractivity contribution in [3.63, 3.8) is 0 Å². The lowest BCUT2D eigenvalue weighted by Gasteiger charge is -2.31. The molecule has 0 spiro atoms. The molecule has 1 atom stereocenters.